The number of rotatable bonds is 15. The zero-order chi connectivity index (χ0) is 33.1. The van der Waals surface area contributed by atoms with E-state index in [0.717, 1.165) is 34.8 Å². The molecule has 0 aliphatic heterocycles. The van der Waals surface area contributed by atoms with Gasteiger partial charge in [0.25, 0.3) is 10.0 Å². The van der Waals surface area contributed by atoms with Crippen molar-refractivity contribution in [3.8, 4) is 5.75 Å². The molecule has 1 N–H and O–H groups in total. The number of hydrogen-bond acceptors (Lipinski definition) is 5. The van der Waals surface area contributed by atoms with Crippen molar-refractivity contribution in [2.24, 2.45) is 0 Å². The van der Waals surface area contributed by atoms with E-state index in [0.29, 0.717) is 17.9 Å². The summed E-state index contributed by atoms with van der Waals surface area (Å²) in [5.74, 6) is -1.70. The third-order valence-corrected chi connectivity index (χ3v) is 9.20. The van der Waals surface area contributed by atoms with Gasteiger partial charge in [0, 0.05) is 19.5 Å². The summed E-state index contributed by atoms with van der Waals surface area (Å²) in [6, 6.07) is 24.1. The molecule has 0 aliphatic carbocycles. The van der Waals surface area contributed by atoms with Gasteiger partial charge in [-0.3, -0.25) is 13.9 Å². The molecule has 1 unspecified atom stereocenters. The monoisotopic (exact) mass is 649 g/mol. The van der Waals surface area contributed by atoms with Crippen molar-refractivity contribution in [3.63, 3.8) is 0 Å². The molecule has 0 saturated carbocycles. The zero-order valence-corrected chi connectivity index (χ0v) is 26.6. The summed E-state index contributed by atoms with van der Waals surface area (Å²) in [6.07, 6.45) is 1.72. The van der Waals surface area contributed by atoms with Gasteiger partial charge < -0.3 is 15.0 Å². The number of sulfonamides is 1. The van der Waals surface area contributed by atoms with Gasteiger partial charge in [0.2, 0.25) is 11.8 Å². The second-order valence-electron chi connectivity index (χ2n) is 10.7. The lowest BCUT2D eigenvalue weighted by atomic mass is 10.0. The highest BCUT2D eigenvalue weighted by Crippen LogP contribution is 2.26. The molecular weight excluding hydrogens is 612 g/mol. The first-order valence-electron chi connectivity index (χ1n) is 14.9. The Labute approximate surface area is 268 Å². The molecule has 0 spiro atoms. The van der Waals surface area contributed by atoms with Crippen LogP contribution in [0.1, 0.15) is 30.9 Å². The average Bonchev–Trinajstić information content (AvgIpc) is 3.07. The van der Waals surface area contributed by atoms with Gasteiger partial charge in [0.1, 0.15) is 30.0 Å². The lowest BCUT2D eigenvalue weighted by Crippen LogP contribution is -2.53. The van der Waals surface area contributed by atoms with E-state index in [1.807, 2.05) is 37.3 Å². The Balaban J connectivity index is 1.78. The van der Waals surface area contributed by atoms with Crippen LogP contribution in [-0.2, 0) is 32.6 Å². The maximum atomic E-state index is 14.4. The number of carbonyl (C=O) groups excluding carboxylic acids is 2. The van der Waals surface area contributed by atoms with Gasteiger partial charge in [-0.25, -0.2) is 17.2 Å². The topological polar surface area (TPSA) is 96.0 Å². The number of benzene rings is 4. The van der Waals surface area contributed by atoms with Crippen molar-refractivity contribution < 1.29 is 31.5 Å². The fourth-order valence-electron chi connectivity index (χ4n) is 4.86. The molecule has 0 aromatic heterocycles. The number of hydrogen-bond donors (Lipinski definition) is 1. The highest BCUT2D eigenvalue weighted by molar-refractivity contribution is 7.92. The molecule has 11 heteroatoms. The third kappa shape index (κ3) is 8.91. The minimum atomic E-state index is -4.36. The molecule has 1 atom stereocenters. The standard InChI is InChI=1S/C35H37F2N3O5S/c1-3-4-22-38-35(42)33(23-26-8-6-5-7-9-26)39(24-27-10-12-28(36)13-11-27)34(41)25-40(30-16-14-29(37)15-17-30)46(43,44)32-20-18-31(45-2)19-21-32/h5-21,33H,3-4,22-25H2,1-2H3,(H,38,42). The molecule has 0 heterocycles. The summed E-state index contributed by atoms with van der Waals surface area (Å²) < 4.78 is 61.9. The molecular formula is C35H37F2N3O5S. The lowest BCUT2D eigenvalue weighted by Gasteiger charge is -2.34. The van der Waals surface area contributed by atoms with Gasteiger partial charge in [-0.1, -0.05) is 55.8 Å². The second kappa shape index (κ2) is 16.0. The maximum absolute atomic E-state index is 14.4. The van der Waals surface area contributed by atoms with Gasteiger partial charge in [-0.15, -0.1) is 0 Å². The number of halogens is 2. The van der Waals surface area contributed by atoms with Gasteiger partial charge >= 0.3 is 0 Å². The molecule has 4 rings (SSSR count). The number of unbranched alkanes of at least 4 members (excludes halogenated alkanes) is 1. The van der Waals surface area contributed by atoms with Crippen LogP contribution in [0, 0.1) is 11.6 Å². The predicted octanol–water partition coefficient (Wildman–Crippen LogP) is 5.73. The fraction of sp³-hybridized carbons (Fsp3) is 0.257. The minimum absolute atomic E-state index is 0.0549. The van der Waals surface area contributed by atoms with Crippen LogP contribution in [0.15, 0.2) is 108 Å². The van der Waals surface area contributed by atoms with Crippen LogP contribution in [0.25, 0.3) is 0 Å². The largest absolute Gasteiger partial charge is 0.497 e. The normalized spacial score (nSPS) is 11.8. The molecule has 242 valence electrons. The molecule has 0 radical (unpaired) electrons. The zero-order valence-electron chi connectivity index (χ0n) is 25.7. The van der Waals surface area contributed by atoms with Gasteiger partial charge in [0.05, 0.1) is 17.7 Å². The summed E-state index contributed by atoms with van der Waals surface area (Å²) in [7, 11) is -2.91. The van der Waals surface area contributed by atoms with Gasteiger partial charge in [-0.05, 0) is 78.2 Å². The first kappa shape index (κ1) is 34.1. The van der Waals surface area contributed by atoms with E-state index in [4.69, 9.17) is 4.74 Å². The van der Waals surface area contributed by atoms with E-state index in [1.54, 1.807) is 0 Å². The summed E-state index contributed by atoms with van der Waals surface area (Å²) >= 11 is 0. The molecule has 0 saturated heterocycles. The van der Waals surface area contributed by atoms with E-state index < -0.39 is 46.1 Å². The first-order chi connectivity index (χ1) is 22.1. The highest BCUT2D eigenvalue weighted by Gasteiger charge is 2.34. The first-order valence-corrected chi connectivity index (χ1v) is 16.3. The average molecular weight is 650 g/mol. The molecule has 8 nitrogen and oxygen atoms in total. The van der Waals surface area contributed by atoms with Crippen LogP contribution in [0.3, 0.4) is 0 Å². The molecule has 4 aromatic rings. The minimum Gasteiger partial charge on any atom is -0.497 e. The number of anilines is 1. The summed E-state index contributed by atoms with van der Waals surface area (Å²) in [4.78, 5) is 29.3. The third-order valence-electron chi connectivity index (χ3n) is 7.41. The van der Waals surface area contributed by atoms with Crippen LogP contribution < -0.4 is 14.4 Å². The van der Waals surface area contributed by atoms with Crippen LogP contribution in [0.2, 0.25) is 0 Å². The number of nitrogens with one attached hydrogen (secondary N) is 1. The van der Waals surface area contributed by atoms with E-state index in [2.05, 4.69) is 5.32 Å². The molecule has 2 amide bonds. The fourth-order valence-corrected chi connectivity index (χ4v) is 6.27. The predicted molar refractivity (Wildman–Crippen MR) is 173 cm³/mol. The van der Waals surface area contributed by atoms with Crippen molar-refractivity contribution >= 4 is 27.5 Å². The molecule has 46 heavy (non-hydrogen) atoms. The number of carbonyl (C=O) groups is 2. The van der Waals surface area contributed by atoms with Gasteiger partial charge in [0.15, 0.2) is 0 Å². The van der Waals surface area contributed by atoms with E-state index in [-0.39, 0.29) is 23.5 Å². The number of amides is 2. The van der Waals surface area contributed by atoms with Crippen molar-refractivity contribution in [2.45, 2.75) is 43.7 Å². The summed E-state index contributed by atoms with van der Waals surface area (Å²) in [5.41, 5.74) is 1.39. The molecule has 0 bridgehead atoms. The van der Waals surface area contributed by atoms with Crippen molar-refractivity contribution in [1.82, 2.24) is 10.2 Å². The Hall–Kier alpha value is -4.77. The lowest BCUT2D eigenvalue weighted by molar-refractivity contribution is -0.140. The Bertz CT molecular complexity index is 1690. The SMILES string of the molecule is CCCCNC(=O)C(Cc1ccccc1)N(Cc1ccc(F)cc1)C(=O)CN(c1ccc(F)cc1)S(=O)(=O)c1ccc(OC)cc1. The Morgan fingerprint density at radius 3 is 2.02 bits per heavy atom. The summed E-state index contributed by atoms with van der Waals surface area (Å²) in [6.45, 7) is 1.59. The number of methoxy groups -OCH3 is 1. The van der Waals surface area contributed by atoms with Crippen molar-refractivity contribution in [2.75, 3.05) is 24.5 Å². The molecule has 0 aliphatic rings. The Kier molecular flexibility index (Phi) is 11.9. The van der Waals surface area contributed by atoms with E-state index in [9.17, 15) is 26.8 Å². The summed E-state index contributed by atoms with van der Waals surface area (Å²) in [5, 5.41) is 2.91. The van der Waals surface area contributed by atoms with Crippen molar-refractivity contribution in [1.29, 1.82) is 0 Å². The quantitative estimate of drug-likeness (QED) is 0.166. The molecule has 4 aromatic carbocycles. The van der Waals surface area contributed by atoms with Crippen LogP contribution >= 0.6 is 0 Å². The highest BCUT2D eigenvalue weighted by atomic mass is 32.2. The van der Waals surface area contributed by atoms with E-state index in [1.165, 1.54) is 72.7 Å². The van der Waals surface area contributed by atoms with Crippen molar-refractivity contribution in [3.05, 3.63) is 126 Å². The smallest absolute Gasteiger partial charge is 0.264 e. The number of ether oxygens (including phenoxy) is 1. The Morgan fingerprint density at radius 1 is 0.826 bits per heavy atom. The number of nitrogens with zero attached hydrogens (tertiary/aromatic N) is 2. The maximum Gasteiger partial charge on any atom is 0.264 e. The van der Waals surface area contributed by atoms with E-state index >= 15 is 0 Å². The Morgan fingerprint density at radius 2 is 1.43 bits per heavy atom. The second-order valence-corrected chi connectivity index (χ2v) is 12.5. The molecule has 0 fully saturated rings. The van der Waals surface area contributed by atoms with Crippen LogP contribution in [0.4, 0.5) is 14.5 Å². The van der Waals surface area contributed by atoms with Gasteiger partial charge in [-0.2, -0.15) is 0 Å². The van der Waals surface area contributed by atoms with Crippen LogP contribution in [-0.4, -0.2) is 51.4 Å². The van der Waals surface area contributed by atoms with Crippen LogP contribution in [0.5, 0.6) is 5.75 Å².